The first-order valence-electron chi connectivity index (χ1n) is 14.8. The first-order valence-corrected chi connectivity index (χ1v) is 15.2. The topological polar surface area (TPSA) is 64.6 Å². The van der Waals surface area contributed by atoms with E-state index in [0.29, 0.717) is 31.0 Å². The van der Waals surface area contributed by atoms with Gasteiger partial charge in [0, 0.05) is 36.6 Å². The Bertz CT molecular complexity index is 1120. The lowest BCUT2D eigenvalue weighted by Crippen LogP contribution is -2.46. The molecule has 0 atom stereocenters. The van der Waals surface area contributed by atoms with Gasteiger partial charge in [-0.1, -0.05) is 104 Å². The van der Waals surface area contributed by atoms with E-state index in [0.717, 1.165) is 57.3 Å². The predicted molar refractivity (Wildman–Crippen MR) is 165 cm³/mol. The molecule has 0 radical (unpaired) electrons. The van der Waals surface area contributed by atoms with E-state index >= 15 is 0 Å². The summed E-state index contributed by atoms with van der Waals surface area (Å²) in [6.07, 6.45) is 6.53. The molecule has 5 nitrogen and oxygen atoms in total. The number of urea groups is 1. The van der Waals surface area contributed by atoms with Gasteiger partial charge in [-0.05, 0) is 67.5 Å². The van der Waals surface area contributed by atoms with Crippen molar-refractivity contribution in [3.63, 3.8) is 0 Å². The fourth-order valence-electron chi connectivity index (χ4n) is 5.93. The molecule has 4 rings (SSSR count). The average molecular weight is 562 g/mol. The maximum Gasteiger partial charge on any atom is 0.314 e. The standard InChI is InChI=1S/C34H44ClN3O2/c1-2-3-10-23-36-32(39)37-27-33(28-12-6-4-7-13-28,29-14-8-5-9-15-29)20-11-24-38-25-21-34(40,22-26-38)30-16-18-31(35)19-17-30/h4-9,12-19,40H,2-3,10-11,20-27H2,1H3,(H2,36,37,39). The molecule has 0 bridgehead atoms. The van der Waals surface area contributed by atoms with E-state index in [-0.39, 0.29) is 11.4 Å². The number of benzene rings is 3. The summed E-state index contributed by atoms with van der Waals surface area (Å²) in [5.41, 5.74) is 2.23. The molecule has 0 unspecified atom stereocenters. The van der Waals surface area contributed by atoms with Gasteiger partial charge in [0.2, 0.25) is 0 Å². The summed E-state index contributed by atoms with van der Waals surface area (Å²) >= 11 is 6.06. The third-order valence-corrected chi connectivity index (χ3v) is 8.66. The number of halogens is 1. The first kappa shape index (κ1) is 30.1. The number of likely N-dealkylation sites (tertiary alicyclic amines) is 1. The molecular weight excluding hydrogens is 518 g/mol. The van der Waals surface area contributed by atoms with E-state index in [1.165, 1.54) is 11.1 Å². The summed E-state index contributed by atoms with van der Waals surface area (Å²) in [5, 5.41) is 18.2. The maximum atomic E-state index is 12.8. The summed E-state index contributed by atoms with van der Waals surface area (Å²) in [5.74, 6) is 0. The van der Waals surface area contributed by atoms with Gasteiger partial charge in [-0.25, -0.2) is 4.79 Å². The Morgan fingerprint density at radius 1 is 0.875 bits per heavy atom. The molecule has 0 aliphatic carbocycles. The third-order valence-electron chi connectivity index (χ3n) is 8.41. The zero-order valence-corrected chi connectivity index (χ0v) is 24.5. The minimum Gasteiger partial charge on any atom is -0.385 e. The molecular formula is C34H44ClN3O2. The van der Waals surface area contributed by atoms with Gasteiger partial charge in [-0.2, -0.15) is 0 Å². The molecule has 1 fully saturated rings. The van der Waals surface area contributed by atoms with Gasteiger partial charge < -0.3 is 20.6 Å². The molecule has 6 heteroatoms. The van der Waals surface area contributed by atoms with Crippen LogP contribution in [-0.4, -0.2) is 48.8 Å². The van der Waals surface area contributed by atoms with Crippen LogP contribution in [0, 0.1) is 0 Å². The molecule has 1 saturated heterocycles. The molecule has 0 aromatic heterocycles. The molecule has 214 valence electrons. The molecule has 1 aliphatic heterocycles. The summed E-state index contributed by atoms with van der Waals surface area (Å²) in [6.45, 7) is 6.03. The number of nitrogens with one attached hydrogen (secondary N) is 2. The number of amides is 2. The Balaban J connectivity index is 1.44. The highest BCUT2D eigenvalue weighted by Gasteiger charge is 2.36. The monoisotopic (exact) mass is 561 g/mol. The highest BCUT2D eigenvalue weighted by molar-refractivity contribution is 6.30. The van der Waals surface area contributed by atoms with Crippen LogP contribution >= 0.6 is 11.6 Å². The van der Waals surface area contributed by atoms with Crippen LogP contribution in [0.15, 0.2) is 84.9 Å². The van der Waals surface area contributed by atoms with Crippen LogP contribution in [0.4, 0.5) is 4.79 Å². The Hall–Kier alpha value is -2.86. The van der Waals surface area contributed by atoms with Crippen molar-refractivity contribution in [1.82, 2.24) is 15.5 Å². The smallest absolute Gasteiger partial charge is 0.314 e. The molecule has 3 aromatic carbocycles. The minimum atomic E-state index is -0.798. The number of hydrogen-bond acceptors (Lipinski definition) is 3. The number of nitrogens with zero attached hydrogens (tertiary/aromatic N) is 1. The quantitative estimate of drug-likeness (QED) is 0.199. The number of rotatable bonds is 13. The lowest BCUT2D eigenvalue weighted by Gasteiger charge is -2.40. The Labute approximate surface area is 244 Å². The van der Waals surface area contributed by atoms with Gasteiger partial charge in [0.1, 0.15) is 0 Å². The number of piperidine rings is 1. The largest absolute Gasteiger partial charge is 0.385 e. The number of hydrogen-bond donors (Lipinski definition) is 3. The number of carbonyl (C=O) groups excluding carboxylic acids is 1. The Morgan fingerprint density at radius 3 is 2.05 bits per heavy atom. The van der Waals surface area contributed by atoms with Crippen molar-refractivity contribution >= 4 is 17.6 Å². The van der Waals surface area contributed by atoms with Crippen LogP contribution < -0.4 is 10.6 Å². The maximum absolute atomic E-state index is 12.8. The van der Waals surface area contributed by atoms with Crippen LogP contribution in [0.3, 0.4) is 0 Å². The highest BCUT2D eigenvalue weighted by atomic mass is 35.5. The zero-order valence-electron chi connectivity index (χ0n) is 23.7. The molecule has 0 saturated carbocycles. The molecule has 40 heavy (non-hydrogen) atoms. The van der Waals surface area contributed by atoms with E-state index in [9.17, 15) is 9.90 Å². The van der Waals surface area contributed by atoms with Gasteiger partial charge in [0.15, 0.2) is 0 Å². The number of carbonyl (C=O) groups is 1. The van der Waals surface area contributed by atoms with E-state index in [4.69, 9.17) is 11.6 Å². The second kappa shape index (κ2) is 14.7. The average Bonchev–Trinajstić information content (AvgIpc) is 2.99. The molecule has 1 heterocycles. The van der Waals surface area contributed by atoms with Crippen molar-refractivity contribution in [3.05, 3.63) is 107 Å². The van der Waals surface area contributed by atoms with Gasteiger partial charge in [-0.15, -0.1) is 0 Å². The van der Waals surface area contributed by atoms with Crippen LogP contribution in [0.25, 0.3) is 0 Å². The second-order valence-electron chi connectivity index (χ2n) is 11.1. The van der Waals surface area contributed by atoms with E-state index in [2.05, 4.69) is 71.0 Å². The van der Waals surface area contributed by atoms with Crippen molar-refractivity contribution in [1.29, 1.82) is 0 Å². The van der Waals surface area contributed by atoms with Crippen LogP contribution in [0.1, 0.15) is 68.6 Å². The lowest BCUT2D eigenvalue weighted by atomic mass is 9.71. The Morgan fingerprint density at radius 2 is 1.48 bits per heavy atom. The first-order chi connectivity index (χ1) is 19.4. The SMILES string of the molecule is CCCCCNC(=O)NCC(CCCN1CCC(O)(c2ccc(Cl)cc2)CC1)(c1ccccc1)c1ccccc1. The lowest BCUT2D eigenvalue weighted by molar-refractivity contribution is -0.0262. The molecule has 2 amide bonds. The summed E-state index contributed by atoms with van der Waals surface area (Å²) in [4.78, 5) is 15.2. The number of unbranched alkanes of at least 4 members (excludes halogenated alkanes) is 2. The van der Waals surface area contributed by atoms with Gasteiger partial charge in [-0.3, -0.25) is 0 Å². The van der Waals surface area contributed by atoms with Crippen LogP contribution in [0.5, 0.6) is 0 Å². The predicted octanol–water partition coefficient (Wildman–Crippen LogP) is 6.88. The fourth-order valence-corrected chi connectivity index (χ4v) is 6.06. The summed E-state index contributed by atoms with van der Waals surface area (Å²) < 4.78 is 0. The summed E-state index contributed by atoms with van der Waals surface area (Å²) in [7, 11) is 0. The van der Waals surface area contributed by atoms with Gasteiger partial charge in [0.05, 0.1) is 5.60 Å². The summed E-state index contributed by atoms with van der Waals surface area (Å²) in [6, 6.07) is 28.6. The third kappa shape index (κ3) is 7.87. The molecule has 3 aromatic rings. The highest BCUT2D eigenvalue weighted by Crippen LogP contribution is 2.38. The molecule has 1 aliphatic rings. The van der Waals surface area contributed by atoms with Crippen LogP contribution in [-0.2, 0) is 11.0 Å². The van der Waals surface area contributed by atoms with Crippen molar-refractivity contribution in [2.24, 2.45) is 0 Å². The van der Waals surface area contributed by atoms with Crippen molar-refractivity contribution < 1.29 is 9.90 Å². The molecule has 3 N–H and O–H groups in total. The van der Waals surface area contributed by atoms with Crippen molar-refractivity contribution in [3.8, 4) is 0 Å². The van der Waals surface area contributed by atoms with Gasteiger partial charge >= 0.3 is 6.03 Å². The van der Waals surface area contributed by atoms with Crippen LogP contribution in [0.2, 0.25) is 5.02 Å². The fraction of sp³-hybridized carbons (Fsp3) is 0.441. The van der Waals surface area contributed by atoms with E-state index < -0.39 is 5.60 Å². The molecule has 0 spiro atoms. The van der Waals surface area contributed by atoms with E-state index in [1.807, 2.05) is 36.4 Å². The van der Waals surface area contributed by atoms with Gasteiger partial charge in [0.25, 0.3) is 0 Å². The second-order valence-corrected chi connectivity index (χ2v) is 11.6. The normalized spacial score (nSPS) is 15.5. The number of aliphatic hydroxyl groups is 1. The minimum absolute atomic E-state index is 0.107. The van der Waals surface area contributed by atoms with E-state index in [1.54, 1.807) is 0 Å². The van der Waals surface area contributed by atoms with Crippen molar-refractivity contribution in [2.75, 3.05) is 32.7 Å². The van der Waals surface area contributed by atoms with Crippen molar-refractivity contribution in [2.45, 2.75) is 62.9 Å². The zero-order chi connectivity index (χ0) is 28.3. The Kier molecular flexibility index (Phi) is 11.0.